The van der Waals surface area contributed by atoms with Crippen LogP contribution in [-0.4, -0.2) is 43.8 Å². The number of pyridine rings is 1. The zero-order valence-electron chi connectivity index (χ0n) is 13.7. The molecule has 0 radical (unpaired) electrons. The van der Waals surface area contributed by atoms with E-state index in [1.165, 1.54) is 0 Å². The number of nitrogens with one attached hydrogen (secondary N) is 1. The van der Waals surface area contributed by atoms with Crippen LogP contribution in [0.4, 0.5) is 11.4 Å². The molecule has 0 bridgehead atoms. The molecule has 1 aromatic carbocycles. The number of morpholine rings is 1. The Morgan fingerprint density at radius 2 is 2.08 bits per heavy atom. The lowest BCUT2D eigenvalue weighted by Crippen LogP contribution is -2.36. The molecule has 1 aromatic heterocycles. The summed E-state index contributed by atoms with van der Waals surface area (Å²) in [6.07, 6.45) is 3.35. The van der Waals surface area contributed by atoms with Gasteiger partial charge in [0.05, 0.1) is 43.0 Å². The van der Waals surface area contributed by atoms with Crippen molar-refractivity contribution in [2.24, 2.45) is 0 Å². The van der Waals surface area contributed by atoms with Gasteiger partial charge in [-0.3, -0.25) is 9.78 Å². The highest BCUT2D eigenvalue weighted by Gasteiger charge is 2.15. The van der Waals surface area contributed by atoms with Gasteiger partial charge in [0.2, 0.25) is 0 Å². The standard InChI is InChI=1S/C18H21N3O3/c1-2-24-17-6-4-3-5-16(17)20-18(22)14-11-15(13-19-12-14)21-7-9-23-10-8-21/h3-6,11-13H,2,7-10H2,1H3,(H,20,22). The molecular formula is C18H21N3O3. The van der Waals surface area contributed by atoms with Crippen molar-refractivity contribution in [3.63, 3.8) is 0 Å². The van der Waals surface area contributed by atoms with Gasteiger partial charge in [-0.15, -0.1) is 0 Å². The lowest BCUT2D eigenvalue weighted by Gasteiger charge is -2.28. The largest absolute Gasteiger partial charge is 0.492 e. The molecule has 6 nitrogen and oxygen atoms in total. The third-order valence-corrected chi connectivity index (χ3v) is 3.80. The topological polar surface area (TPSA) is 63.7 Å². The summed E-state index contributed by atoms with van der Waals surface area (Å²) in [5.41, 5.74) is 2.11. The van der Waals surface area contributed by atoms with Crippen molar-refractivity contribution in [1.82, 2.24) is 4.98 Å². The fraction of sp³-hybridized carbons (Fsp3) is 0.333. The smallest absolute Gasteiger partial charge is 0.257 e. The maximum atomic E-state index is 12.6. The van der Waals surface area contributed by atoms with E-state index in [4.69, 9.17) is 9.47 Å². The van der Waals surface area contributed by atoms with Gasteiger partial charge in [0.15, 0.2) is 0 Å². The Morgan fingerprint density at radius 1 is 1.29 bits per heavy atom. The van der Waals surface area contributed by atoms with E-state index in [0.29, 0.717) is 36.8 Å². The molecule has 0 atom stereocenters. The molecule has 1 N–H and O–H groups in total. The quantitative estimate of drug-likeness (QED) is 0.914. The van der Waals surface area contributed by atoms with Crippen LogP contribution in [0.15, 0.2) is 42.7 Å². The first kappa shape index (κ1) is 16.3. The van der Waals surface area contributed by atoms with E-state index in [-0.39, 0.29) is 5.91 Å². The number of rotatable bonds is 5. The molecule has 0 saturated carbocycles. The Morgan fingerprint density at radius 3 is 2.88 bits per heavy atom. The van der Waals surface area contributed by atoms with Gasteiger partial charge in [0.1, 0.15) is 5.75 Å². The van der Waals surface area contributed by atoms with Crippen LogP contribution < -0.4 is 15.0 Å². The zero-order chi connectivity index (χ0) is 16.8. The number of anilines is 2. The van der Waals surface area contributed by atoms with E-state index in [9.17, 15) is 4.79 Å². The number of ether oxygens (including phenoxy) is 2. The number of hydrogen-bond donors (Lipinski definition) is 1. The minimum atomic E-state index is -0.204. The first-order valence-electron chi connectivity index (χ1n) is 8.09. The summed E-state index contributed by atoms with van der Waals surface area (Å²) in [6.45, 7) is 5.45. The highest BCUT2D eigenvalue weighted by Crippen LogP contribution is 2.24. The number of amides is 1. The maximum absolute atomic E-state index is 12.6. The fourth-order valence-electron chi connectivity index (χ4n) is 2.59. The van der Waals surface area contributed by atoms with Gasteiger partial charge in [-0.2, -0.15) is 0 Å². The van der Waals surface area contributed by atoms with Crippen LogP contribution in [0, 0.1) is 0 Å². The molecule has 2 heterocycles. The van der Waals surface area contributed by atoms with Gasteiger partial charge in [0, 0.05) is 19.3 Å². The second kappa shape index (κ2) is 7.79. The number of carbonyl (C=O) groups excluding carboxylic acids is 1. The number of carbonyl (C=O) groups is 1. The van der Waals surface area contributed by atoms with E-state index in [1.807, 2.05) is 37.3 Å². The third kappa shape index (κ3) is 3.83. The average molecular weight is 327 g/mol. The van der Waals surface area contributed by atoms with E-state index in [0.717, 1.165) is 18.8 Å². The average Bonchev–Trinajstić information content (AvgIpc) is 2.64. The number of aromatic nitrogens is 1. The van der Waals surface area contributed by atoms with E-state index < -0.39 is 0 Å². The summed E-state index contributed by atoms with van der Waals surface area (Å²) in [7, 11) is 0. The van der Waals surface area contributed by atoms with Gasteiger partial charge in [0.25, 0.3) is 5.91 Å². The number of benzene rings is 1. The SMILES string of the molecule is CCOc1ccccc1NC(=O)c1cncc(N2CCOCC2)c1. The normalized spacial score (nSPS) is 14.3. The van der Waals surface area contributed by atoms with E-state index >= 15 is 0 Å². The molecule has 1 aliphatic rings. The lowest BCUT2D eigenvalue weighted by molar-refractivity contribution is 0.102. The zero-order valence-corrected chi connectivity index (χ0v) is 13.7. The molecule has 0 aliphatic carbocycles. The Balaban J connectivity index is 1.75. The predicted molar refractivity (Wildman–Crippen MR) is 92.8 cm³/mol. The molecule has 6 heteroatoms. The van der Waals surface area contributed by atoms with Gasteiger partial charge >= 0.3 is 0 Å². The van der Waals surface area contributed by atoms with E-state index in [1.54, 1.807) is 12.4 Å². The number of hydrogen-bond acceptors (Lipinski definition) is 5. The molecule has 3 rings (SSSR count). The molecule has 1 saturated heterocycles. The van der Waals surface area contributed by atoms with Gasteiger partial charge in [-0.25, -0.2) is 0 Å². The lowest BCUT2D eigenvalue weighted by atomic mass is 10.2. The van der Waals surface area contributed by atoms with Crippen LogP contribution in [0.25, 0.3) is 0 Å². The molecular weight excluding hydrogens is 306 g/mol. The minimum absolute atomic E-state index is 0.204. The van der Waals surface area contributed by atoms with Gasteiger partial charge in [-0.1, -0.05) is 12.1 Å². The predicted octanol–water partition coefficient (Wildman–Crippen LogP) is 2.57. The second-order valence-corrected chi connectivity index (χ2v) is 5.41. The first-order chi connectivity index (χ1) is 11.8. The van der Waals surface area contributed by atoms with Gasteiger partial charge < -0.3 is 19.7 Å². The van der Waals surface area contributed by atoms with E-state index in [2.05, 4.69) is 15.2 Å². The molecule has 2 aromatic rings. The van der Waals surface area contributed by atoms with Crippen LogP contribution in [0.3, 0.4) is 0 Å². The molecule has 0 unspecified atom stereocenters. The fourth-order valence-corrected chi connectivity index (χ4v) is 2.59. The summed E-state index contributed by atoms with van der Waals surface area (Å²) < 4.78 is 10.9. The van der Waals surface area contributed by atoms with Crippen molar-refractivity contribution in [1.29, 1.82) is 0 Å². The molecule has 0 spiro atoms. The summed E-state index contributed by atoms with van der Waals surface area (Å²) in [4.78, 5) is 18.9. The molecule has 1 amide bonds. The van der Waals surface area contributed by atoms with Crippen molar-refractivity contribution in [3.05, 3.63) is 48.3 Å². The number of para-hydroxylation sites is 2. The van der Waals surface area contributed by atoms with Crippen LogP contribution in [-0.2, 0) is 4.74 Å². The maximum Gasteiger partial charge on any atom is 0.257 e. The summed E-state index contributed by atoms with van der Waals surface area (Å²) in [5, 5.41) is 2.89. The molecule has 126 valence electrons. The minimum Gasteiger partial charge on any atom is -0.492 e. The van der Waals surface area contributed by atoms with Crippen molar-refractivity contribution in [2.75, 3.05) is 43.1 Å². The highest BCUT2D eigenvalue weighted by atomic mass is 16.5. The molecule has 24 heavy (non-hydrogen) atoms. The first-order valence-corrected chi connectivity index (χ1v) is 8.09. The Kier molecular flexibility index (Phi) is 5.28. The van der Waals surface area contributed by atoms with Crippen LogP contribution >= 0.6 is 0 Å². The van der Waals surface area contributed by atoms with Crippen molar-refractivity contribution in [3.8, 4) is 5.75 Å². The Hall–Kier alpha value is -2.60. The second-order valence-electron chi connectivity index (χ2n) is 5.41. The molecule has 1 fully saturated rings. The van der Waals surface area contributed by atoms with Crippen LogP contribution in [0.2, 0.25) is 0 Å². The van der Waals surface area contributed by atoms with Crippen LogP contribution in [0.5, 0.6) is 5.75 Å². The molecule has 1 aliphatic heterocycles. The van der Waals surface area contributed by atoms with Gasteiger partial charge in [-0.05, 0) is 25.1 Å². The monoisotopic (exact) mass is 327 g/mol. The summed E-state index contributed by atoms with van der Waals surface area (Å²) in [6, 6.07) is 9.25. The Bertz CT molecular complexity index is 699. The highest BCUT2D eigenvalue weighted by molar-refractivity contribution is 6.05. The van der Waals surface area contributed by atoms with Crippen molar-refractivity contribution < 1.29 is 14.3 Å². The third-order valence-electron chi connectivity index (χ3n) is 3.80. The van der Waals surface area contributed by atoms with Crippen molar-refractivity contribution >= 4 is 17.3 Å². The summed E-state index contributed by atoms with van der Waals surface area (Å²) >= 11 is 0. The van der Waals surface area contributed by atoms with Crippen LogP contribution in [0.1, 0.15) is 17.3 Å². The Labute approximate surface area is 141 Å². The number of nitrogens with zero attached hydrogens (tertiary/aromatic N) is 2. The van der Waals surface area contributed by atoms with Crippen molar-refractivity contribution in [2.45, 2.75) is 6.92 Å². The summed E-state index contributed by atoms with van der Waals surface area (Å²) in [5.74, 6) is 0.454.